The second kappa shape index (κ2) is 7.40. The molecule has 0 spiro atoms. The number of hydrogen-bond donors (Lipinski definition) is 1. The highest BCUT2D eigenvalue weighted by molar-refractivity contribution is 5.95. The van der Waals surface area contributed by atoms with Crippen molar-refractivity contribution in [1.82, 2.24) is 14.7 Å². The van der Waals surface area contributed by atoms with Crippen molar-refractivity contribution in [1.29, 1.82) is 0 Å². The second-order valence-corrected chi connectivity index (χ2v) is 7.26. The van der Waals surface area contributed by atoms with E-state index in [1.54, 1.807) is 6.20 Å². The van der Waals surface area contributed by atoms with Gasteiger partial charge in [-0.3, -0.25) is 4.79 Å². The number of aryl methyl sites for hydroxylation is 1. The van der Waals surface area contributed by atoms with E-state index in [4.69, 9.17) is 0 Å². The highest BCUT2D eigenvalue weighted by Crippen LogP contribution is 2.26. The fourth-order valence-electron chi connectivity index (χ4n) is 3.46. The zero-order valence-electron chi connectivity index (χ0n) is 15.3. The Hall–Kier alpha value is -2.14. The van der Waals surface area contributed by atoms with Crippen molar-refractivity contribution in [2.75, 3.05) is 19.7 Å². The maximum Gasteiger partial charge on any atom is 0.257 e. The molecule has 2 aromatic rings. The number of amides is 1. The minimum absolute atomic E-state index is 0.0541. The van der Waals surface area contributed by atoms with Gasteiger partial charge in [0.15, 0.2) is 0 Å². The van der Waals surface area contributed by atoms with Gasteiger partial charge in [-0.2, -0.15) is 5.10 Å². The van der Waals surface area contributed by atoms with Crippen molar-refractivity contribution in [3.8, 4) is 5.69 Å². The molecule has 1 aromatic carbocycles. The van der Waals surface area contributed by atoms with Crippen LogP contribution in [0.1, 0.15) is 54.2 Å². The number of rotatable bonds is 4. The van der Waals surface area contributed by atoms with Crippen LogP contribution in [-0.2, 0) is 0 Å². The minimum atomic E-state index is 0.0541. The molecule has 1 saturated heterocycles. The van der Waals surface area contributed by atoms with Crippen LogP contribution in [0.2, 0.25) is 0 Å². The molecule has 1 aliphatic rings. The molecule has 0 unspecified atom stereocenters. The number of piperidine rings is 1. The van der Waals surface area contributed by atoms with Crippen molar-refractivity contribution in [2.24, 2.45) is 5.92 Å². The van der Waals surface area contributed by atoms with E-state index < -0.39 is 0 Å². The first-order valence-corrected chi connectivity index (χ1v) is 9.06. The molecule has 1 amide bonds. The zero-order chi connectivity index (χ0) is 18.0. The number of carbonyl (C=O) groups is 1. The molecule has 0 aliphatic carbocycles. The van der Waals surface area contributed by atoms with Gasteiger partial charge in [0.05, 0.1) is 23.1 Å². The molecule has 5 heteroatoms. The van der Waals surface area contributed by atoms with Crippen molar-refractivity contribution in [2.45, 2.75) is 39.5 Å². The fraction of sp³-hybridized carbons (Fsp3) is 0.500. The summed E-state index contributed by atoms with van der Waals surface area (Å²) in [5.74, 6) is 0.570. The summed E-state index contributed by atoms with van der Waals surface area (Å²) < 4.78 is 1.89. The average Bonchev–Trinajstić information content (AvgIpc) is 3.07. The van der Waals surface area contributed by atoms with Crippen LogP contribution in [0.5, 0.6) is 0 Å². The molecule has 1 aliphatic heterocycles. The summed E-state index contributed by atoms with van der Waals surface area (Å²) in [4.78, 5) is 14.9. The van der Waals surface area contributed by atoms with Gasteiger partial charge in [0.25, 0.3) is 5.91 Å². The first-order valence-electron chi connectivity index (χ1n) is 9.06. The van der Waals surface area contributed by atoms with E-state index in [-0.39, 0.29) is 18.4 Å². The van der Waals surface area contributed by atoms with E-state index in [1.807, 2.05) is 21.7 Å². The normalized spacial score (nSPS) is 15.8. The maximum atomic E-state index is 13.0. The lowest BCUT2D eigenvalue weighted by atomic mass is 9.97. The molecule has 25 heavy (non-hydrogen) atoms. The first kappa shape index (κ1) is 17.7. The van der Waals surface area contributed by atoms with Crippen LogP contribution in [0.15, 0.2) is 30.5 Å². The number of carbonyl (C=O) groups excluding carboxylic acids is 1. The third kappa shape index (κ3) is 3.61. The van der Waals surface area contributed by atoms with Gasteiger partial charge in [-0.05, 0) is 43.7 Å². The third-order valence-corrected chi connectivity index (χ3v) is 5.02. The maximum absolute atomic E-state index is 13.0. The topological polar surface area (TPSA) is 58.4 Å². The van der Waals surface area contributed by atoms with Crippen molar-refractivity contribution < 1.29 is 9.90 Å². The molecule has 0 bridgehead atoms. The number of aliphatic hydroxyl groups is 1. The van der Waals surface area contributed by atoms with Gasteiger partial charge >= 0.3 is 0 Å². The highest BCUT2D eigenvalue weighted by atomic mass is 16.3. The first-order chi connectivity index (χ1) is 12.0. The van der Waals surface area contributed by atoms with Gasteiger partial charge in [-0.25, -0.2) is 4.68 Å². The molecule has 1 N–H and O–H groups in total. The largest absolute Gasteiger partial charge is 0.396 e. The molecule has 0 radical (unpaired) electrons. The summed E-state index contributed by atoms with van der Waals surface area (Å²) in [6, 6.07) is 8.19. The SMILES string of the molecule is Cc1ccc(-n2ncc(C(=O)N3CCC(CO)CC3)c2C(C)C)cc1. The molecule has 134 valence electrons. The van der Waals surface area contributed by atoms with Gasteiger partial charge in [-0.15, -0.1) is 0 Å². The van der Waals surface area contributed by atoms with Crippen molar-refractivity contribution >= 4 is 5.91 Å². The zero-order valence-corrected chi connectivity index (χ0v) is 15.3. The lowest BCUT2D eigenvalue weighted by Gasteiger charge is -2.31. The number of aliphatic hydroxyl groups excluding tert-OH is 1. The molecular formula is C20H27N3O2. The smallest absolute Gasteiger partial charge is 0.257 e. The Labute approximate surface area is 149 Å². The Kier molecular flexibility index (Phi) is 5.23. The van der Waals surface area contributed by atoms with Gasteiger partial charge < -0.3 is 10.0 Å². The number of benzene rings is 1. The quantitative estimate of drug-likeness (QED) is 0.929. The van der Waals surface area contributed by atoms with Crippen molar-refractivity contribution in [3.63, 3.8) is 0 Å². The highest BCUT2D eigenvalue weighted by Gasteiger charge is 2.28. The fourth-order valence-corrected chi connectivity index (χ4v) is 3.46. The lowest BCUT2D eigenvalue weighted by Crippen LogP contribution is -2.39. The monoisotopic (exact) mass is 341 g/mol. The average molecular weight is 341 g/mol. The molecule has 1 fully saturated rings. The number of nitrogens with zero attached hydrogens (tertiary/aromatic N) is 3. The predicted octanol–water partition coefficient (Wildman–Crippen LogP) is 3.15. The predicted molar refractivity (Wildman–Crippen MR) is 98.1 cm³/mol. The van der Waals surface area contributed by atoms with Crippen LogP contribution < -0.4 is 0 Å². The Balaban J connectivity index is 1.89. The summed E-state index contributed by atoms with van der Waals surface area (Å²) in [6.45, 7) is 7.87. The van der Waals surface area contributed by atoms with Gasteiger partial charge in [0, 0.05) is 19.7 Å². The molecule has 2 heterocycles. The Bertz CT molecular complexity index is 726. The van der Waals surface area contributed by atoms with Crippen LogP contribution in [-0.4, -0.2) is 45.4 Å². The molecule has 0 saturated carbocycles. The van der Waals surface area contributed by atoms with E-state index in [0.717, 1.165) is 24.2 Å². The van der Waals surface area contributed by atoms with Crippen LogP contribution in [0, 0.1) is 12.8 Å². The summed E-state index contributed by atoms with van der Waals surface area (Å²) in [6.07, 6.45) is 3.44. The molecular weight excluding hydrogens is 314 g/mol. The molecule has 1 aromatic heterocycles. The van der Waals surface area contributed by atoms with E-state index >= 15 is 0 Å². The third-order valence-electron chi connectivity index (χ3n) is 5.02. The van der Waals surface area contributed by atoms with Gasteiger partial charge in [-0.1, -0.05) is 31.5 Å². The molecule has 3 rings (SSSR count). The summed E-state index contributed by atoms with van der Waals surface area (Å²) >= 11 is 0. The standard InChI is InChI=1S/C20H27N3O2/c1-14(2)19-18(20(25)22-10-8-16(13-24)9-11-22)12-21-23(19)17-6-4-15(3)5-7-17/h4-7,12,14,16,24H,8-11,13H2,1-3H3. The van der Waals surface area contributed by atoms with E-state index in [1.165, 1.54) is 5.56 Å². The Morgan fingerprint density at radius 1 is 1.24 bits per heavy atom. The Morgan fingerprint density at radius 3 is 2.44 bits per heavy atom. The summed E-state index contributed by atoms with van der Waals surface area (Å²) in [5, 5.41) is 13.8. The summed E-state index contributed by atoms with van der Waals surface area (Å²) in [7, 11) is 0. The van der Waals surface area contributed by atoms with Crippen LogP contribution >= 0.6 is 0 Å². The van der Waals surface area contributed by atoms with E-state index in [0.29, 0.717) is 24.6 Å². The van der Waals surface area contributed by atoms with Crippen LogP contribution in [0.4, 0.5) is 0 Å². The number of likely N-dealkylation sites (tertiary alicyclic amines) is 1. The minimum Gasteiger partial charge on any atom is -0.396 e. The molecule has 0 atom stereocenters. The van der Waals surface area contributed by atoms with Crippen LogP contribution in [0.25, 0.3) is 5.69 Å². The van der Waals surface area contributed by atoms with Gasteiger partial charge in [0.1, 0.15) is 0 Å². The van der Waals surface area contributed by atoms with Gasteiger partial charge in [0.2, 0.25) is 0 Å². The van der Waals surface area contributed by atoms with E-state index in [9.17, 15) is 9.90 Å². The van der Waals surface area contributed by atoms with Crippen molar-refractivity contribution in [3.05, 3.63) is 47.3 Å². The molecule has 5 nitrogen and oxygen atoms in total. The van der Waals surface area contributed by atoms with E-state index in [2.05, 4.69) is 38.0 Å². The number of aromatic nitrogens is 2. The number of hydrogen-bond acceptors (Lipinski definition) is 3. The summed E-state index contributed by atoms with van der Waals surface area (Å²) in [5.41, 5.74) is 3.83. The second-order valence-electron chi connectivity index (χ2n) is 7.26. The Morgan fingerprint density at radius 2 is 1.88 bits per heavy atom. The lowest BCUT2D eigenvalue weighted by molar-refractivity contribution is 0.0649. The van der Waals surface area contributed by atoms with Crippen LogP contribution in [0.3, 0.4) is 0 Å².